The molecule has 1 aromatic heterocycles. The van der Waals surface area contributed by atoms with Gasteiger partial charge in [-0.2, -0.15) is 0 Å². The van der Waals surface area contributed by atoms with Crippen LogP contribution in [0.4, 0.5) is 0 Å². The fourth-order valence-electron chi connectivity index (χ4n) is 2.75. The van der Waals surface area contributed by atoms with E-state index in [-0.39, 0.29) is 24.2 Å². The Labute approximate surface area is 122 Å². The zero-order chi connectivity index (χ0) is 14.7. The maximum absolute atomic E-state index is 12.5. The molecule has 0 aliphatic carbocycles. The molecular weight excluding hydrogens is 276 g/mol. The quantitative estimate of drug-likeness (QED) is 0.926. The lowest BCUT2D eigenvalue weighted by molar-refractivity contribution is -0.138. The number of likely N-dealkylation sites (tertiary alicyclic amines) is 1. The van der Waals surface area contributed by atoms with Crippen LogP contribution < -0.4 is 0 Å². The Kier molecular flexibility index (Phi) is 4.75. The van der Waals surface area contributed by atoms with Gasteiger partial charge < -0.3 is 10.0 Å². The number of hydrogen-bond acceptors (Lipinski definition) is 4. The van der Waals surface area contributed by atoms with E-state index in [4.69, 9.17) is 5.11 Å². The Morgan fingerprint density at radius 3 is 2.95 bits per heavy atom. The lowest BCUT2D eigenvalue weighted by Gasteiger charge is -2.35. The van der Waals surface area contributed by atoms with E-state index in [2.05, 4.69) is 4.98 Å². The van der Waals surface area contributed by atoms with E-state index in [0.717, 1.165) is 25.1 Å². The minimum Gasteiger partial charge on any atom is -0.481 e. The number of carbonyl (C=O) groups excluding carboxylic acids is 1. The number of rotatable bonds is 4. The van der Waals surface area contributed by atoms with Crippen LogP contribution in [0.3, 0.4) is 0 Å². The van der Waals surface area contributed by atoms with E-state index >= 15 is 0 Å². The van der Waals surface area contributed by atoms with Gasteiger partial charge in [-0.3, -0.25) is 9.59 Å². The van der Waals surface area contributed by atoms with Crippen LogP contribution in [0.2, 0.25) is 0 Å². The number of nitrogens with zero attached hydrogens (tertiary/aromatic N) is 2. The molecule has 2 atom stereocenters. The second-order valence-electron chi connectivity index (χ2n) is 5.50. The molecule has 1 aromatic rings. The standard InChI is InChI=1S/C14H20N2O3S/c1-9(6-12(17)18)11-4-3-5-16(7-11)14(19)13-10(2)15-8-20-13/h8-9,11H,3-7H2,1-2H3,(H,17,18). The third kappa shape index (κ3) is 3.36. The molecule has 0 spiro atoms. The molecule has 0 radical (unpaired) electrons. The smallest absolute Gasteiger partial charge is 0.303 e. The average Bonchev–Trinajstić information content (AvgIpc) is 2.83. The molecule has 1 saturated heterocycles. The number of piperidine rings is 1. The maximum atomic E-state index is 12.5. The summed E-state index contributed by atoms with van der Waals surface area (Å²) in [5.74, 6) is -0.348. The van der Waals surface area contributed by atoms with Gasteiger partial charge in [0, 0.05) is 19.5 Å². The number of carbonyl (C=O) groups is 2. The zero-order valence-corrected chi connectivity index (χ0v) is 12.7. The van der Waals surface area contributed by atoms with Gasteiger partial charge in [-0.25, -0.2) is 4.98 Å². The first-order valence-electron chi connectivity index (χ1n) is 6.90. The molecule has 0 saturated carbocycles. The number of thiazole rings is 1. The largest absolute Gasteiger partial charge is 0.481 e. The van der Waals surface area contributed by atoms with Crippen molar-refractivity contribution in [3.05, 3.63) is 16.1 Å². The average molecular weight is 296 g/mol. The number of aryl methyl sites for hydroxylation is 1. The molecule has 20 heavy (non-hydrogen) atoms. The summed E-state index contributed by atoms with van der Waals surface area (Å²) in [4.78, 5) is 29.9. The summed E-state index contributed by atoms with van der Waals surface area (Å²) in [5, 5.41) is 8.89. The van der Waals surface area contributed by atoms with Crippen molar-refractivity contribution in [2.45, 2.75) is 33.1 Å². The van der Waals surface area contributed by atoms with Gasteiger partial charge >= 0.3 is 5.97 Å². The SMILES string of the molecule is Cc1ncsc1C(=O)N1CCCC(C(C)CC(=O)O)C1. The van der Waals surface area contributed by atoms with Gasteiger partial charge in [-0.05, 0) is 31.6 Å². The first-order valence-corrected chi connectivity index (χ1v) is 7.78. The molecule has 2 rings (SSSR count). The predicted octanol–water partition coefficient (Wildman–Crippen LogP) is 2.41. The van der Waals surface area contributed by atoms with Crippen molar-refractivity contribution in [2.75, 3.05) is 13.1 Å². The van der Waals surface area contributed by atoms with Gasteiger partial charge in [0.15, 0.2) is 0 Å². The van der Waals surface area contributed by atoms with Crippen molar-refractivity contribution in [1.29, 1.82) is 0 Å². The van der Waals surface area contributed by atoms with Gasteiger partial charge in [0.1, 0.15) is 4.88 Å². The molecule has 6 heteroatoms. The lowest BCUT2D eigenvalue weighted by atomic mass is 9.84. The monoisotopic (exact) mass is 296 g/mol. The van der Waals surface area contributed by atoms with Gasteiger partial charge in [0.05, 0.1) is 11.2 Å². The first-order chi connectivity index (χ1) is 9.49. The molecule has 1 aliphatic rings. The molecule has 0 bridgehead atoms. The van der Waals surface area contributed by atoms with E-state index < -0.39 is 5.97 Å². The van der Waals surface area contributed by atoms with Crippen LogP contribution >= 0.6 is 11.3 Å². The van der Waals surface area contributed by atoms with Crippen LogP contribution in [0.5, 0.6) is 0 Å². The summed E-state index contributed by atoms with van der Waals surface area (Å²) in [6.45, 7) is 5.22. The third-order valence-corrected chi connectivity index (χ3v) is 4.90. The van der Waals surface area contributed by atoms with Crippen LogP contribution in [0.25, 0.3) is 0 Å². The first kappa shape index (κ1) is 15.0. The molecule has 1 fully saturated rings. The number of aliphatic carboxylic acids is 1. The molecule has 5 nitrogen and oxygen atoms in total. The minimum atomic E-state index is -0.765. The third-order valence-electron chi connectivity index (χ3n) is 3.99. The Morgan fingerprint density at radius 2 is 2.35 bits per heavy atom. The summed E-state index contributed by atoms with van der Waals surface area (Å²) in [6.07, 6.45) is 2.12. The van der Waals surface area contributed by atoms with Gasteiger partial charge in [0.2, 0.25) is 0 Å². The number of aromatic nitrogens is 1. The molecule has 2 heterocycles. The normalized spacial score (nSPS) is 20.7. The van der Waals surface area contributed by atoms with E-state index in [1.807, 2.05) is 18.7 Å². The minimum absolute atomic E-state index is 0.0391. The second kappa shape index (κ2) is 6.35. The van der Waals surface area contributed by atoms with Gasteiger partial charge in [-0.15, -0.1) is 11.3 Å². The topological polar surface area (TPSA) is 70.5 Å². The van der Waals surface area contributed by atoms with Crippen molar-refractivity contribution in [3.8, 4) is 0 Å². The highest BCUT2D eigenvalue weighted by atomic mass is 32.1. The van der Waals surface area contributed by atoms with E-state index in [9.17, 15) is 9.59 Å². The van der Waals surface area contributed by atoms with Crippen molar-refractivity contribution in [2.24, 2.45) is 11.8 Å². The summed E-state index contributed by atoms with van der Waals surface area (Å²) in [6, 6.07) is 0. The summed E-state index contributed by atoms with van der Waals surface area (Å²) in [5.41, 5.74) is 2.47. The number of amides is 1. The van der Waals surface area contributed by atoms with E-state index in [1.165, 1.54) is 11.3 Å². The van der Waals surface area contributed by atoms with Crippen molar-refractivity contribution >= 4 is 23.2 Å². The van der Waals surface area contributed by atoms with E-state index in [0.29, 0.717) is 11.4 Å². The van der Waals surface area contributed by atoms with E-state index in [1.54, 1.807) is 5.51 Å². The number of hydrogen-bond donors (Lipinski definition) is 1. The Hall–Kier alpha value is -1.43. The predicted molar refractivity (Wildman–Crippen MR) is 76.9 cm³/mol. The van der Waals surface area contributed by atoms with Crippen LogP contribution in [0.15, 0.2) is 5.51 Å². The van der Waals surface area contributed by atoms with Crippen LogP contribution in [0, 0.1) is 18.8 Å². The number of carboxylic acids is 1. The molecular formula is C14H20N2O3S. The second-order valence-corrected chi connectivity index (χ2v) is 6.35. The highest BCUT2D eigenvalue weighted by molar-refractivity contribution is 7.11. The Bertz CT molecular complexity index is 500. The van der Waals surface area contributed by atoms with Crippen LogP contribution in [0.1, 0.15) is 41.6 Å². The van der Waals surface area contributed by atoms with Crippen LogP contribution in [-0.4, -0.2) is 40.0 Å². The van der Waals surface area contributed by atoms with Crippen molar-refractivity contribution < 1.29 is 14.7 Å². The summed E-state index contributed by atoms with van der Waals surface area (Å²) in [7, 11) is 0. The molecule has 1 aliphatic heterocycles. The molecule has 1 amide bonds. The fourth-order valence-corrected chi connectivity index (χ4v) is 3.52. The molecule has 2 unspecified atom stereocenters. The zero-order valence-electron chi connectivity index (χ0n) is 11.8. The lowest BCUT2D eigenvalue weighted by Crippen LogP contribution is -2.42. The Balaban J connectivity index is 2.02. The highest BCUT2D eigenvalue weighted by Crippen LogP contribution is 2.28. The van der Waals surface area contributed by atoms with Crippen molar-refractivity contribution in [1.82, 2.24) is 9.88 Å². The summed E-state index contributed by atoms with van der Waals surface area (Å²) >= 11 is 1.38. The number of carboxylic acid groups (broad SMARTS) is 1. The molecule has 0 aromatic carbocycles. The molecule has 110 valence electrons. The van der Waals surface area contributed by atoms with Crippen LogP contribution in [-0.2, 0) is 4.79 Å². The Morgan fingerprint density at radius 1 is 1.60 bits per heavy atom. The molecule has 1 N–H and O–H groups in total. The summed E-state index contributed by atoms with van der Waals surface area (Å²) < 4.78 is 0. The fraction of sp³-hybridized carbons (Fsp3) is 0.643. The maximum Gasteiger partial charge on any atom is 0.303 e. The highest BCUT2D eigenvalue weighted by Gasteiger charge is 2.29. The van der Waals surface area contributed by atoms with Gasteiger partial charge in [0.25, 0.3) is 5.91 Å². The van der Waals surface area contributed by atoms with Gasteiger partial charge in [-0.1, -0.05) is 6.92 Å². The van der Waals surface area contributed by atoms with Crippen molar-refractivity contribution in [3.63, 3.8) is 0 Å².